The van der Waals surface area contributed by atoms with Gasteiger partial charge in [0.1, 0.15) is 10.6 Å². The quantitative estimate of drug-likeness (QED) is 0.221. The molecule has 0 saturated carbocycles. The monoisotopic (exact) mass is 541 g/mol. The van der Waals surface area contributed by atoms with Crippen molar-refractivity contribution in [3.05, 3.63) is 89.1 Å². The van der Waals surface area contributed by atoms with Crippen molar-refractivity contribution >= 4 is 32.2 Å². The summed E-state index contributed by atoms with van der Waals surface area (Å²) in [5.41, 5.74) is -1.45. The number of carbonyl (C=O) groups excluding carboxylic acids is 1. The molecule has 1 aromatic heterocycles. The van der Waals surface area contributed by atoms with Crippen LogP contribution in [0, 0.1) is 28.0 Å². The van der Waals surface area contributed by atoms with Gasteiger partial charge in [-0.05, 0) is 23.8 Å². The lowest BCUT2D eigenvalue weighted by Gasteiger charge is -2.13. The number of para-hydroxylation sites is 1. The molecule has 192 valence electrons. The number of fused-ring (bicyclic) bond motifs is 1. The Labute approximate surface area is 204 Å². The van der Waals surface area contributed by atoms with E-state index in [0.717, 1.165) is 18.3 Å². The van der Waals surface area contributed by atoms with Crippen molar-refractivity contribution in [2.45, 2.75) is 11.1 Å². The van der Waals surface area contributed by atoms with Crippen molar-refractivity contribution in [1.82, 2.24) is 4.98 Å². The van der Waals surface area contributed by atoms with Crippen LogP contribution in [0.5, 0.6) is 0 Å². The largest absolute Gasteiger partial charge is 0.416 e. The number of anilines is 1. The van der Waals surface area contributed by atoms with E-state index < -0.39 is 61.2 Å². The highest BCUT2D eigenvalue weighted by atomic mass is 32.2. The lowest BCUT2D eigenvalue weighted by molar-refractivity contribution is -0.137. The molecule has 5 nitrogen and oxygen atoms in total. The first-order valence-electron chi connectivity index (χ1n) is 10.2. The van der Waals surface area contributed by atoms with Crippen molar-refractivity contribution < 1.29 is 39.7 Å². The molecule has 4 aromatic rings. The predicted octanol–water partition coefficient (Wildman–Crippen LogP) is 6.76. The summed E-state index contributed by atoms with van der Waals surface area (Å²) in [4.78, 5) is 15.2. The van der Waals surface area contributed by atoms with Crippen molar-refractivity contribution in [2.24, 2.45) is 0 Å². The molecule has 3 aromatic carbocycles. The number of amides is 1. The smallest absolute Gasteiger partial charge is 0.317 e. The minimum Gasteiger partial charge on any atom is -0.317 e. The van der Waals surface area contributed by atoms with Gasteiger partial charge in [-0.25, -0.2) is 26.6 Å². The van der Waals surface area contributed by atoms with Gasteiger partial charge >= 0.3 is 6.18 Å². The highest BCUT2D eigenvalue weighted by molar-refractivity contribution is 7.91. The zero-order chi connectivity index (χ0) is 27.3. The average Bonchev–Trinajstić information content (AvgIpc) is 2.83. The zero-order valence-electron chi connectivity index (χ0n) is 18.5. The number of pyridine rings is 1. The van der Waals surface area contributed by atoms with E-state index in [4.69, 9.17) is 4.78 Å². The molecule has 0 aliphatic heterocycles. The zero-order valence-corrected chi connectivity index (χ0v) is 19.3. The van der Waals surface area contributed by atoms with Crippen LogP contribution in [0.3, 0.4) is 0 Å². The van der Waals surface area contributed by atoms with Gasteiger partial charge in [-0.2, -0.15) is 13.2 Å². The first kappa shape index (κ1) is 26.1. The lowest BCUT2D eigenvalue weighted by atomic mass is 10.00. The van der Waals surface area contributed by atoms with Crippen LogP contribution in [-0.4, -0.2) is 21.4 Å². The maximum Gasteiger partial charge on any atom is 0.416 e. The summed E-state index contributed by atoms with van der Waals surface area (Å²) in [6, 6.07) is 10.2. The van der Waals surface area contributed by atoms with E-state index in [-0.39, 0.29) is 5.56 Å². The molecular formula is C24H14F7N3O2S. The van der Waals surface area contributed by atoms with Crippen LogP contribution in [-0.2, 0) is 15.9 Å². The number of nitrogens with one attached hydrogen (secondary N) is 2. The Balaban J connectivity index is 1.70. The second-order valence-corrected chi connectivity index (χ2v) is 10.0. The molecule has 1 heterocycles. The maximum absolute atomic E-state index is 14.4. The minimum atomic E-state index is -4.51. The van der Waals surface area contributed by atoms with Crippen LogP contribution in [0.4, 0.5) is 36.4 Å². The van der Waals surface area contributed by atoms with Crippen LogP contribution in [0.2, 0.25) is 0 Å². The van der Waals surface area contributed by atoms with E-state index in [2.05, 4.69) is 4.98 Å². The molecule has 1 amide bonds. The number of nitrogens with zero attached hydrogens (tertiary/aromatic N) is 1. The van der Waals surface area contributed by atoms with Gasteiger partial charge in [0.2, 0.25) is 0 Å². The van der Waals surface area contributed by atoms with Crippen LogP contribution in [0.25, 0.3) is 22.0 Å². The number of carbonyl (C=O) groups is 1. The summed E-state index contributed by atoms with van der Waals surface area (Å²) < 4.78 is 115. The fourth-order valence-corrected chi connectivity index (χ4v) is 4.47. The van der Waals surface area contributed by atoms with E-state index in [1.807, 2.05) is 0 Å². The SMILES string of the molecule is CS(=N)(=O)c1c(F)c(F)c(NC(=O)c2cnc3c(-c4ccc(C(F)(F)F)cc4)cccc3c2)c(F)c1F. The van der Waals surface area contributed by atoms with Crippen LogP contribution >= 0.6 is 0 Å². The number of benzene rings is 3. The molecular weight excluding hydrogens is 527 g/mol. The van der Waals surface area contributed by atoms with Crippen LogP contribution in [0.1, 0.15) is 15.9 Å². The third kappa shape index (κ3) is 4.86. The highest BCUT2D eigenvalue weighted by Crippen LogP contribution is 2.34. The molecule has 0 radical (unpaired) electrons. The summed E-state index contributed by atoms with van der Waals surface area (Å²) in [5, 5.41) is 2.05. The Morgan fingerprint density at radius 3 is 2.08 bits per heavy atom. The van der Waals surface area contributed by atoms with E-state index in [0.29, 0.717) is 28.3 Å². The molecule has 0 aliphatic rings. The van der Waals surface area contributed by atoms with Gasteiger partial charge < -0.3 is 5.32 Å². The van der Waals surface area contributed by atoms with Gasteiger partial charge in [0.25, 0.3) is 5.91 Å². The summed E-state index contributed by atoms with van der Waals surface area (Å²) in [6.07, 6.45) is -2.93. The number of halogens is 7. The molecule has 13 heteroatoms. The van der Waals surface area contributed by atoms with Crippen LogP contribution in [0.15, 0.2) is 59.6 Å². The van der Waals surface area contributed by atoms with Crippen molar-refractivity contribution in [3.8, 4) is 11.1 Å². The van der Waals surface area contributed by atoms with Crippen molar-refractivity contribution in [3.63, 3.8) is 0 Å². The topological polar surface area (TPSA) is 82.9 Å². The Morgan fingerprint density at radius 1 is 0.946 bits per heavy atom. The first-order valence-corrected chi connectivity index (χ1v) is 12.1. The van der Waals surface area contributed by atoms with Gasteiger partial charge in [0.15, 0.2) is 23.3 Å². The Kier molecular flexibility index (Phi) is 6.44. The molecule has 1 unspecified atom stereocenters. The second-order valence-electron chi connectivity index (χ2n) is 7.93. The van der Waals surface area contributed by atoms with Gasteiger partial charge in [-0.1, -0.05) is 30.3 Å². The number of hydrogen-bond acceptors (Lipinski definition) is 4. The Bertz CT molecular complexity index is 1640. The van der Waals surface area contributed by atoms with E-state index in [9.17, 15) is 39.7 Å². The molecule has 0 spiro atoms. The van der Waals surface area contributed by atoms with Crippen LogP contribution < -0.4 is 5.32 Å². The highest BCUT2D eigenvalue weighted by Gasteiger charge is 2.31. The third-order valence-corrected chi connectivity index (χ3v) is 6.49. The Hall–Kier alpha value is -4.00. The lowest BCUT2D eigenvalue weighted by Crippen LogP contribution is -2.18. The standard InChI is InChI=1S/C24H14F7N3O2S/c1-37(32,36)22-18(27)16(25)21(17(26)19(22)28)34-23(35)13-9-12-3-2-4-15(20(12)33-10-13)11-5-7-14(8-6-11)24(29,30)31/h2-10,32H,1H3,(H,34,35). The number of aromatic nitrogens is 1. The van der Waals surface area contributed by atoms with Crippen molar-refractivity contribution in [1.29, 1.82) is 4.78 Å². The molecule has 37 heavy (non-hydrogen) atoms. The molecule has 0 bridgehead atoms. The average molecular weight is 541 g/mol. The third-order valence-electron chi connectivity index (χ3n) is 5.35. The fraction of sp³-hybridized carbons (Fsp3) is 0.0833. The summed E-state index contributed by atoms with van der Waals surface area (Å²) in [5.74, 6) is -9.42. The summed E-state index contributed by atoms with van der Waals surface area (Å²) >= 11 is 0. The fourth-order valence-electron chi connectivity index (χ4n) is 3.61. The summed E-state index contributed by atoms with van der Waals surface area (Å²) in [7, 11) is -4.18. The Morgan fingerprint density at radius 2 is 1.54 bits per heavy atom. The van der Waals surface area contributed by atoms with Crippen molar-refractivity contribution in [2.75, 3.05) is 11.6 Å². The number of hydrogen-bond donors (Lipinski definition) is 2. The normalized spacial score (nSPS) is 13.4. The second kappa shape index (κ2) is 9.14. The minimum absolute atomic E-state index is 0.263. The molecule has 2 N–H and O–H groups in total. The first-order chi connectivity index (χ1) is 17.2. The molecule has 0 saturated heterocycles. The van der Waals surface area contributed by atoms with Gasteiger partial charge in [0.05, 0.1) is 26.4 Å². The van der Waals surface area contributed by atoms with E-state index >= 15 is 0 Å². The van der Waals surface area contributed by atoms with E-state index in [1.165, 1.54) is 24.3 Å². The number of rotatable bonds is 4. The molecule has 0 aliphatic carbocycles. The molecule has 4 rings (SSSR count). The molecule has 0 fully saturated rings. The van der Waals surface area contributed by atoms with Gasteiger partial charge in [-0.3, -0.25) is 9.78 Å². The predicted molar refractivity (Wildman–Crippen MR) is 121 cm³/mol. The van der Waals surface area contributed by atoms with Gasteiger partial charge in [0, 0.05) is 23.4 Å². The summed E-state index contributed by atoms with van der Waals surface area (Å²) in [6.45, 7) is 0. The molecule has 1 atom stereocenters. The maximum atomic E-state index is 14.4. The van der Waals surface area contributed by atoms with E-state index in [1.54, 1.807) is 17.4 Å². The van der Waals surface area contributed by atoms with Gasteiger partial charge in [-0.15, -0.1) is 0 Å². The number of alkyl halides is 3.